The lowest BCUT2D eigenvalue weighted by Gasteiger charge is -2.03. The minimum absolute atomic E-state index is 0.809. The molecule has 2 aromatic rings. The Bertz CT molecular complexity index is 446. The van der Waals surface area contributed by atoms with Gasteiger partial charge in [-0.3, -0.25) is 5.10 Å². The van der Waals surface area contributed by atoms with Crippen molar-refractivity contribution in [3.8, 4) is 11.1 Å². The van der Waals surface area contributed by atoms with Crippen LogP contribution in [-0.2, 0) is 6.54 Å². The lowest BCUT2D eigenvalue weighted by atomic mass is 10.0. The maximum Gasteiger partial charge on any atom is 0.0569 e. The maximum absolute atomic E-state index is 4.08. The first kappa shape index (κ1) is 9.93. The van der Waals surface area contributed by atoms with Gasteiger partial charge in [-0.15, -0.1) is 0 Å². The minimum Gasteiger partial charge on any atom is -0.314 e. The predicted octanol–water partition coefficient (Wildman–Crippen LogP) is 2.10. The Morgan fingerprint density at radius 1 is 1.40 bits per heavy atom. The number of hydrogen-bond acceptors (Lipinski definition) is 2. The molecule has 3 heteroatoms. The summed E-state index contributed by atoms with van der Waals surface area (Å²) in [7, 11) is 1.93. The van der Waals surface area contributed by atoms with Crippen LogP contribution in [0.4, 0.5) is 0 Å². The molecule has 0 aliphatic heterocycles. The molecule has 1 aromatic heterocycles. The topological polar surface area (TPSA) is 40.7 Å². The third-order valence-electron chi connectivity index (χ3n) is 2.40. The molecule has 0 aliphatic carbocycles. The minimum atomic E-state index is 0.809. The Labute approximate surface area is 89.5 Å². The van der Waals surface area contributed by atoms with E-state index in [1.807, 2.05) is 13.2 Å². The monoisotopic (exact) mass is 201 g/mol. The first-order valence-corrected chi connectivity index (χ1v) is 5.05. The lowest BCUT2D eigenvalue weighted by Crippen LogP contribution is -2.06. The van der Waals surface area contributed by atoms with Crippen molar-refractivity contribution in [3.63, 3.8) is 0 Å². The van der Waals surface area contributed by atoms with Gasteiger partial charge in [-0.25, -0.2) is 0 Å². The third kappa shape index (κ3) is 2.07. The van der Waals surface area contributed by atoms with Crippen LogP contribution in [0.2, 0.25) is 0 Å². The number of hydrogen-bond donors (Lipinski definition) is 2. The molecule has 78 valence electrons. The van der Waals surface area contributed by atoms with Gasteiger partial charge in [-0.05, 0) is 19.5 Å². The zero-order chi connectivity index (χ0) is 10.7. The van der Waals surface area contributed by atoms with Crippen LogP contribution in [0.3, 0.4) is 0 Å². The van der Waals surface area contributed by atoms with E-state index >= 15 is 0 Å². The van der Waals surface area contributed by atoms with Crippen LogP contribution in [0.15, 0.2) is 30.5 Å². The van der Waals surface area contributed by atoms with Gasteiger partial charge in [-0.2, -0.15) is 5.10 Å². The molecular formula is C12H15N3. The average molecular weight is 201 g/mol. The van der Waals surface area contributed by atoms with Crippen LogP contribution >= 0.6 is 0 Å². The van der Waals surface area contributed by atoms with E-state index in [9.17, 15) is 0 Å². The molecule has 15 heavy (non-hydrogen) atoms. The predicted molar refractivity (Wildman–Crippen MR) is 61.5 cm³/mol. The summed E-state index contributed by atoms with van der Waals surface area (Å²) < 4.78 is 0. The molecule has 3 nitrogen and oxygen atoms in total. The maximum atomic E-state index is 4.08. The fraction of sp³-hybridized carbons (Fsp3) is 0.250. The van der Waals surface area contributed by atoms with E-state index in [2.05, 4.69) is 46.7 Å². The molecule has 0 aliphatic rings. The van der Waals surface area contributed by atoms with Crippen molar-refractivity contribution in [2.24, 2.45) is 0 Å². The second kappa shape index (κ2) is 4.28. The summed E-state index contributed by atoms with van der Waals surface area (Å²) in [6, 6.07) is 8.45. The van der Waals surface area contributed by atoms with Crippen molar-refractivity contribution in [3.05, 3.63) is 41.7 Å². The standard InChI is InChI=1S/C12H15N3/c1-9-4-3-5-10(6-9)11-7-14-15-12(11)8-13-2/h3-7,13H,8H2,1-2H3,(H,14,15). The Kier molecular flexibility index (Phi) is 2.83. The summed E-state index contributed by atoms with van der Waals surface area (Å²) in [5.41, 5.74) is 4.79. The highest BCUT2D eigenvalue weighted by Crippen LogP contribution is 2.22. The van der Waals surface area contributed by atoms with Gasteiger partial charge in [0, 0.05) is 12.1 Å². The van der Waals surface area contributed by atoms with Crippen molar-refractivity contribution in [1.82, 2.24) is 15.5 Å². The van der Waals surface area contributed by atoms with E-state index in [-0.39, 0.29) is 0 Å². The first-order valence-electron chi connectivity index (χ1n) is 5.05. The summed E-state index contributed by atoms with van der Waals surface area (Å²) in [6.07, 6.45) is 1.88. The van der Waals surface area contributed by atoms with E-state index < -0.39 is 0 Å². The quantitative estimate of drug-likeness (QED) is 0.798. The molecule has 0 atom stereocenters. The van der Waals surface area contributed by atoms with Gasteiger partial charge >= 0.3 is 0 Å². The zero-order valence-corrected chi connectivity index (χ0v) is 9.04. The number of nitrogens with one attached hydrogen (secondary N) is 2. The van der Waals surface area contributed by atoms with Gasteiger partial charge in [-0.1, -0.05) is 29.8 Å². The molecule has 0 saturated heterocycles. The second-order valence-corrected chi connectivity index (χ2v) is 3.66. The smallest absolute Gasteiger partial charge is 0.0569 e. The van der Waals surface area contributed by atoms with Gasteiger partial charge in [0.25, 0.3) is 0 Å². The summed E-state index contributed by atoms with van der Waals surface area (Å²) in [5.74, 6) is 0. The van der Waals surface area contributed by atoms with Crippen molar-refractivity contribution in [2.45, 2.75) is 13.5 Å². The molecule has 2 rings (SSSR count). The normalized spacial score (nSPS) is 10.5. The Morgan fingerprint density at radius 3 is 3.00 bits per heavy atom. The third-order valence-corrected chi connectivity index (χ3v) is 2.40. The van der Waals surface area contributed by atoms with E-state index in [1.54, 1.807) is 0 Å². The molecule has 0 saturated carbocycles. The number of nitrogens with zero attached hydrogens (tertiary/aromatic N) is 1. The highest BCUT2D eigenvalue weighted by atomic mass is 15.1. The van der Waals surface area contributed by atoms with Crippen molar-refractivity contribution >= 4 is 0 Å². The van der Waals surface area contributed by atoms with E-state index in [0.717, 1.165) is 12.2 Å². The number of benzene rings is 1. The molecule has 1 heterocycles. The largest absolute Gasteiger partial charge is 0.314 e. The summed E-state index contributed by atoms with van der Waals surface area (Å²) in [4.78, 5) is 0. The van der Waals surface area contributed by atoms with E-state index in [4.69, 9.17) is 0 Å². The number of rotatable bonds is 3. The molecule has 0 fully saturated rings. The lowest BCUT2D eigenvalue weighted by molar-refractivity contribution is 0.785. The molecule has 0 radical (unpaired) electrons. The zero-order valence-electron chi connectivity index (χ0n) is 9.04. The second-order valence-electron chi connectivity index (χ2n) is 3.66. The van der Waals surface area contributed by atoms with E-state index in [1.165, 1.54) is 16.7 Å². The molecule has 1 aromatic carbocycles. The van der Waals surface area contributed by atoms with Crippen LogP contribution in [0, 0.1) is 6.92 Å². The first-order chi connectivity index (χ1) is 7.31. The van der Waals surface area contributed by atoms with Crippen LogP contribution in [0.1, 0.15) is 11.3 Å². The van der Waals surface area contributed by atoms with Gasteiger partial charge in [0.1, 0.15) is 0 Å². The molecule has 0 spiro atoms. The SMILES string of the molecule is CNCc1[nH]ncc1-c1cccc(C)c1. The number of aryl methyl sites for hydroxylation is 1. The van der Waals surface area contributed by atoms with Gasteiger partial charge in [0.2, 0.25) is 0 Å². The average Bonchev–Trinajstić information content (AvgIpc) is 2.66. The molecule has 0 bridgehead atoms. The number of aromatic amines is 1. The van der Waals surface area contributed by atoms with Gasteiger partial charge in [0.05, 0.1) is 11.9 Å². The van der Waals surface area contributed by atoms with Crippen LogP contribution in [-0.4, -0.2) is 17.2 Å². The Hall–Kier alpha value is -1.61. The number of H-pyrrole nitrogens is 1. The highest BCUT2D eigenvalue weighted by molar-refractivity contribution is 5.65. The van der Waals surface area contributed by atoms with E-state index in [0.29, 0.717) is 0 Å². The van der Waals surface area contributed by atoms with Crippen molar-refractivity contribution in [2.75, 3.05) is 7.05 Å². The summed E-state index contributed by atoms with van der Waals surface area (Å²) >= 11 is 0. The van der Waals surface area contributed by atoms with Crippen LogP contribution < -0.4 is 5.32 Å². The Morgan fingerprint density at radius 2 is 2.27 bits per heavy atom. The molecule has 0 unspecified atom stereocenters. The van der Waals surface area contributed by atoms with Crippen LogP contribution in [0.5, 0.6) is 0 Å². The Balaban J connectivity index is 2.40. The summed E-state index contributed by atoms with van der Waals surface area (Å²) in [5, 5.41) is 10.2. The van der Waals surface area contributed by atoms with Gasteiger partial charge < -0.3 is 5.32 Å². The fourth-order valence-corrected chi connectivity index (χ4v) is 1.69. The number of aromatic nitrogens is 2. The van der Waals surface area contributed by atoms with Crippen molar-refractivity contribution < 1.29 is 0 Å². The fourth-order valence-electron chi connectivity index (χ4n) is 1.69. The summed E-state index contributed by atoms with van der Waals surface area (Å²) in [6.45, 7) is 2.91. The van der Waals surface area contributed by atoms with Crippen molar-refractivity contribution in [1.29, 1.82) is 0 Å². The van der Waals surface area contributed by atoms with Crippen LogP contribution in [0.25, 0.3) is 11.1 Å². The molecule has 2 N–H and O–H groups in total. The van der Waals surface area contributed by atoms with Gasteiger partial charge in [0.15, 0.2) is 0 Å². The molecular weight excluding hydrogens is 186 g/mol. The highest BCUT2D eigenvalue weighted by Gasteiger charge is 2.06. The molecule has 0 amide bonds.